The first kappa shape index (κ1) is 23.1. The SMILES string of the molecule is CC(C)(C)c1cc(Cl)cc(-c2ccccc2O)c1.Cl.Cl.[Ti]. The van der Waals surface area contributed by atoms with E-state index in [9.17, 15) is 5.11 Å². The van der Waals surface area contributed by atoms with Gasteiger partial charge in [-0.25, -0.2) is 0 Å². The molecule has 0 fully saturated rings. The molecule has 0 saturated heterocycles. The molecule has 114 valence electrons. The summed E-state index contributed by atoms with van der Waals surface area (Å²) in [5.74, 6) is 0.277. The molecule has 0 spiro atoms. The molecule has 5 heteroatoms. The monoisotopic (exact) mass is 380 g/mol. The summed E-state index contributed by atoms with van der Waals surface area (Å²) in [4.78, 5) is 0. The van der Waals surface area contributed by atoms with Crippen LogP contribution in [0.2, 0.25) is 5.02 Å². The van der Waals surface area contributed by atoms with E-state index in [0.717, 1.165) is 16.7 Å². The van der Waals surface area contributed by atoms with Crippen LogP contribution in [-0.4, -0.2) is 5.11 Å². The molecule has 0 heterocycles. The largest absolute Gasteiger partial charge is 0.507 e. The van der Waals surface area contributed by atoms with E-state index >= 15 is 0 Å². The molecule has 0 unspecified atom stereocenters. The Balaban J connectivity index is 0. The summed E-state index contributed by atoms with van der Waals surface area (Å²) in [5.41, 5.74) is 2.95. The van der Waals surface area contributed by atoms with Crippen molar-refractivity contribution in [3.05, 3.63) is 53.1 Å². The van der Waals surface area contributed by atoms with E-state index in [1.54, 1.807) is 6.07 Å². The molecule has 2 rings (SSSR count). The maximum Gasteiger partial charge on any atom is 0.123 e. The number of benzene rings is 2. The van der Waals surface area contributed by atoms with Crippen LogP contribution in [-0.2, 0) is 27.1 Å². The molecule has 0 bridgehead atoms. The molecule has 2 aromatic rings. The Morgan fingerprint density at radius 1 is 0.952 bits per heavy atom. The summed E-state index contributed by atoms with van der Waals surface area (Å²) in [6, 6.07) is 13.2. The molecule has 0 aliphatic heterocycles. The predicted octanol–water partition coefficient (Wildman–Crippen LogP) is 5.85. The number of halogens is 3. The van der Waals surface area contributed by atoms with Crippen molar-refractivity contribution in [3.63, 3.8) is 0 Å². The van der Waals surface area contributed by atoms with E-state index in [-0.39, 0.29) is 57.7 Å². The van der Waals surface area contributed by atoms with Crippen LogP contribution >= 0.6 is 36.4 Å². The smallest absolute Gasteiger partial charge is 0.123 e. The van der Waals surface area contributed by atoms with Gasteiger partial charge in [0.15, 0.2) is 0 Å². The molecule has 0 atom stereocenters. The molecule has 0 radical (unpaired) electrons. The Morgan fingerprint density at radius 3 is 2.05 bits per heavy atom. The minimum atomic E-state index is 0. The van der Waals surface area contributed by atoms with Crippen molar-refractivity contribution < 1.29 is 26.8 Å². The average Bonchev–Trinajstić information content (AvgIpc) is 2.27. The van der Waals surface area contributed by atoms with Crippen LogP contribution in [0.1, 0.15) is 26.3 Å². The summed E-state index contributed by atoms with van der Waals surface area (Å²) < 4.78 is 0. The van der Waals surface area contributed by atoms with Crippen LogP contribution in [0.3, 0.4) is 0 Å². The summed E-state index contributed by atoms with van der Waals surface area (Å²) in [6.45, 7) is 6.44. The Kier molecular flexibility index (Phi) is 9.98. The topological polar surface area (TPSA) is 20.2 Å². The van der Waals surface area contributed by atoms with E-state index < -0.39 is 0 Å². The fraction of sp³-hybridized carbons (Fsp3) is 0.250. The zero-order chi connectivity index (χ0) is 13.3. The van der Waals surface area contributed by atoms with Crippen molar-refractivity contribution in [2.75, 3.05) is 0 Å². The summed E-state index contributed by atoms with van der Waals surface area (Å²) in [5, 5.41) is 10.6. The third kappa shape index (κ3) is 5.85. The molecule has 1 nitrogen and oxygen atoms in total. The standard InChI is InChI=1S/C16H17ClO.2ClH.Ti/c1-16(2,3)12-8-11(9-13(17)10-12)14-6-4-5-7-15(14)18;;;/h4-10,18H,1-3H3;2*1H;. The molecular weight excluding hydrogens is 362 g/mol. The van der Waals surface area contributed by atoms with Crippen LogP contribution in [0.4, 0.5) is 0 Å². The van der Waals surface area contributed by atoms with Crippen LogP contribution in [0.25, 0.3) is 11.1 Å². The average molecular weight is 382 g/mol. The van der Waals surface area contributed by atoms with E-state index in [0.29, 0.717) is 5.02 Å². The number of aromatic hydroxyl groups is 1. The van der Waals surface area contributed by atoms with Crippen LogP contribution in [0, 0.1) is 0 Å². The van der Waals surface area contributed by atoms with Gasteiger partial charge in [-0.2, -0.15) is 0 Å². The minimum absolute atomic E-state index is 0. The van der Waals surface area contributed by atoms with Gasteiger partial charge in [0.25, 0.3) is 0 Å². The van der Waals surface area contributed by atoms with E-state index in [1.165, 1.54) is 0 Å². The second kappa shape index (κ2) is 9.07. The zero-order valence-electron chi connectivity index (χ0n) is 12.2. The Labute approximate surface area is 158 Å². The Bertz CT molecular complexity index is 580. The molecule has 0 aliphatic carbocycles. The van der Waals surface area contributed by atoms with Gasteiger partial charge < -0.3 is 5.11 Å². The van der Waals surface area contributed by atoms with Crippen LogP contribution in [0.5, 0.6) is 5.75 Å². The zero-order valence-corrected chi connectivity index (χ0v) is 16.1. The van der Waals surface area contributed by atoms with Gasteiger partial charge in [0.05, 0.1) is 0 Å². The van der Waals surface area contributed by atoms with Gasteiger partial charge in [-0.15, -0.1) is 24.8 Å². The number of phenols is 1. The van der Waals surface area contributed by atoms with Crippen LogP contribution in [0.15, 0.2) is 42.5 Å². The molecular formula is C16H19Cl3OTi. The normalized spacial score (nSPS) is 9.90. The Hall–Kier alpha value is -0.176. The first-order chi connectivity index (χ1) is 8.38. The van der Waals surface area contributed by atoms with Crippen molar-refractivity contribution in [2.24, 2.45) is 0 Å². The van der Waals surface area contributed by atoms with E-state index in [1.807, 2.05) is 30.3 Å². The molecule has 0 aliphatic rings. The van der Waals surface area contributed by atoms with Crippen molar-refractivity contribution in [3.8, 4) is 16.9 Å². The van der Waals surface area contributed by atoms with Gasteiger partial charge in [0, 0.05) is 32.3 Å². The third-order valence-corrected chi connectivity index (χ3v) is 3.20. The van der Waals surface area contributed by atoms with E-state index in [4.69, 9.17) is 11.6 Å². The molecule has 21 heavy (non-hydrogen) atoms. The number of para-hydroxylation sites is 1. The van der Waals surface area contributed by atoms with E-state index in [2.05, 4.69) is 26.8 Å². The van der Waals surface area contributed by atoms with Gasteiger partial charge in [-0.1, -0.05) is 56.6 Å². The van der Waals surface area contributed by atoms with Gasteiger partial charge in [-0.05, 0) is 34.7 Å². The van der Waals surface area contributed by atoms with Crippen molar-refractivity contribution in [1.29, 1.82) is 0 Å². The molecule has 2 aromatic carbocycles. The number of hydrogen-bond acceptors (Lipinski definition) is 1. The molecule has 0 aromatic heterocycles. The fourth-order valence-corrected chi connectivity index (χ4v) is 2.13. The summed E-state index contributed by atoms with van der Waals surface area (Å²) in [7, 11) is 0. The molecule has 0 amide bonds. The first-order valence-electron chi connectivity index (χ1n) is 5.97. The minimum Gasteiger partial charge on any atom is -0.507 e. The summed E-state index contributed by atoms with van der Waals surface area (Å²) in [6.07, 6.45) is 0. The number of rotatable bonds is 1. The number of phenolic OH excluding ortho intramolecular Hbond substituents is 1. The molecule has 1 N–H and O–H groups in total. The summed E-state index contributed by atoms with van der Waals surface area (Å²) >= 11 is 6.18. The Morgan fingerprint density at radius 2 is 1.52 bits per heavy atom. The van der Waals surface area contributed by atoms with Gasteiger partial charge in [0.1, 0.15) is 5.75 Å². The van der Waals surface area contributed by atoms with Gasteiger partial charge >= 0.3 is 0 Å². The van der Waals surface area contributed by atoms with Gasteiger partial charge in [0.2, 0.25) is 0 Å². The second-order valence-electron chi connectivity index (χ2n) is 5.50. The predicted molar refractivity (Wildman–Crippen MR) is 91.7 cm³/mol. The maximum atomic E-state index is 9.91. The first-order valence-corrected chi connectivity index (χ1v) is 6.35. The quantitative estimate of drug-likeness (QED) is 0.614. The van der Waals surface area contributed by atoms with Crippen molar-refractivity contribution in [2.45, 2.75) is 26.2 Å². The fourth-order valence-electron chi connectivity index (χ4n) is 1.90. The second-order valence-corrected chi connectivity index (χ2v) is 5.93. The van der Waals surface area contributed by atoms with Crippen molar-refractivity contribution in [1.82, 2.24) is 0 Å². The van der Waals surface area contributed by atoms with Gasteiger partial charge in [-0.3, -0.25) is 0 Å². The molecule has 0 saturated carbocycles. The third-order valence-electron chi connectivity index (χ3n) is 2.98. The maximum absolute atomic E-state index is 9.91. The van der Waals surface area contributed by atoms with Crippen LogP contribution < -0.4 is 0 Å². The number of hydrogen-bond donors (Lipinski definition) is 1. The van der Waals surface area contributed by atoms with Crippen molar-refractivity contribution >= 4 is 36.4 Å².